The van der Waals surface area contributed by atoms with Crippen LogP contribution in [0, 0.1) is 18.3 Å². The van der Waals surface area contributed by atoms with E-state index < -0.39 is 30.8 Å². The van der Waals surface area contributed by atoms with E-state index in [4.69, 9.17) is 5.26 Å². The predicted molar refractivity (Wildman–Crippen MR) is 114 cm³/mol. The molecule has 8 heteroatoms. The van der Waals surface area contributed by atoms with Crippen molar-refractivity contribution >= 4 is 22.6 Å². The van der Waals surface area contributed by atoms with Gasteiger partial charge in [0.1, 0.15) is 6.04 Å². The maximum absolute atomic E-state index is 13.6. The SMILES string of the molecule is Cc1ccc(-c2ccc3nccc(C(=O)CCC(=O)N4CC(F)(F)C[C@H]4C#N)c3c2)cn1. The second-order valence-corrected chi connectivity index (χ2v) is 7.93. The monoisotopic (exact) mass is 434 g/mol. The van der Waals surface area contributed by atoms with Crippen LogP contribution < -0.4 is 0 Å². The predicted octanol–water partition coefficient (Wildman–Crippen LogP) is 4.33. The van der Waals surface area contributed by atoms with Crippen LogP contribution in [0.1, 0.15) is 35.3 Å². The summed E-state index contributed by atoms with van der Waals surface area (Å²) in [4.78, 5) is 34.8. The van der Waals surface area contributed by atoms with Crippen molar-refractivity contribution in [2.75, 3.05) is 6.54 Å². The summed E-state index contributed by atoms with van der Waals surface area (Å²) in [7, 11) is 0. The van der Waals surface area contributed by atoms with Crippen molar-refractivity contribution in [2.45, 2.75) is 38.2 Å². The van der Waals surface area contributed by atoms with Crippen molar-refractivity contribution in [3.05, 3.63) is 60.0 Å². The number of amides is 1. The van der Waals surface area contributed by atoms with E-state index in [1.165, 1.54) is 6.20 Å². The Balaban J connectivity index is 1.54. The molecule has 162 valence electrons. The van der Waals surface area contributed by atoms with Crippen molar-refractivity contribution < 1.29 is 18.4 Å². The standard InChI is InChI=1S/C24H20F2N4O2/c1-15-2-3-17(13-29-15)16-4-5-21-20(10-16)19(8-9-28-21)22(31)6-7-23(32)30-14-24(25,26)11-18(30)12-27/h2-5,8-10,13,18H,6-7,11,14H2,1H3/t18-/m0/s1. The van der Waals surface area contributed by atoms with E-state index >= 15 is 0 Å². The number of hydrogen-bond acceptors (Lipinski definition) is 5. The number of hydrogen-bond donors (Lipinski definition) is 0. The number of Topliss-reactive ketones (excluding diaryl/α,β-unsaturated/α-hetero) is 1. The van der Waals surface area contributed by atoms with Crippen LogP contribution in [0.15, 0.2) is 48.8 Å². The lowest BCUT2D eigenvalue weighted by molar-refractivity contribution is -0.132. The van der Waals surface area contributed by atoms with Gasteiger partial charge in [0.2, 0.25) is 5.91 Å². The number of likely N-dealkylation sites (tertiary alicyclic amines) is 1. The fraction of sp³-hybridized carbons (Fsp3) is 0.292. The fourth-order valence-electron chi connectivity index (χ4n) is 3.90. The quantitative estimate of drug-likeness (QED) is 0.558. The molecule has 3 aromatic rings. The van der Waals surface area contributed by atoms with Gasteiger partial charge < -0.3 is 4.90 Å². The molecule has 3 heterocycles. The molecule has 1 amide bonds. The minimum atomic E-state index is -3.08. The van der Waals surface area contributed by atoms with E-state index in [0.717, 1.165) is 21.7 Å². The number of alkyl halides is 2. The number of rotatable bonds is 5. The van der Waals surface area contributed by atoms with Gasteiger partial charge in [0, 0.05) is 53.9 Å². The third-order valence-corrected chi connectivity index (χ3v) is 5.59. The summed E-state index contributed by atoms with van der Waals surface area (Å²) >= 11 is 0. The summed E-state index contributed by atoms with van der Waals surface area (Å²) in [6, 6.07) is 11.6. The topological polar surface area (TPSA) is 87.0 Å². The van der Waals surface area contributed by atoms with Gasteiger partial charge in [-0.25, -0.2) is 8.78 Å². The minimum Gasteiger partial charge on any atom is -0.320 e. The molecule has 1 aliphatic heterocycles. The molecule has 6 nitrogen and oxygen atoms in total. The number of halogens is 2. The van der Waals surface area contributed by atoms with Crippen LogP contribution in [0.5, 0.6) is 0 Å². The summed E-state index contributed by atoms with van der Waals surface area (Å²) < 4.78 is 27.2. The molecule has 2 aromatic heterocycles. The maximum Gasteiger partial charge on any atom is 0.268 e. The van der Waals surface area contributed by atoms with E-state index in [1.54, 1.807) is 18.3 Å². The number of nitrogens with zero attached hydrogens (tertiary/aromatic N) is 4. The molecule has 0 radical (unpaired) electrons. The molecule has 32 heavy (non-hydrogen) atoms. The Morgan fingerprint density at radius 2 is 1.94 bits per heavy atom. The normalized spacial score (nSPS) is 17.3. The Bertz CT molecular complexity index is 1230. The first-order chi connectivity index (χ1) is 15.3. The van der Waals surface area contributed by atoms with Gasteiger partial charge in [-0.1, -0.05) is 12.1 Å². The van der Waals surface area contributed by atoms with E-state index in [1.807, 2.05) is 37.3 Å². The van der Waals surface area contributed by atoms with Crippen molar-refractivity contribution in [1.82, 2.24) is 14.9 Å². The van der Waals surface area contributed by atoms with Crippen LogP contribution in [-0.4, -0.2) is 45.1 Å². The van der Waals surface area contributed by atoms with Crippen LogP contribution in [0.3, 0.4) is 0 Å². The molecule has 0 bridgehead atoms. The van der Waals surface area contributed by atoms with Gasteiger partial charge in [0.05, 0.1) is 18.1 Å². The van der Waals surface area contributed by atoms with Crippen LogP contribution in [0.4, 0.5) is 8.78 Å². The van der Waals surface area contributed by atoms with Crippen LogP contribution in [0.2, 0.25) is 0 Å². The lowest BCUT2D eigenvalue weighted by Gasteiger charge is -2.18. The van der Waals surface area contributed by atoms with Gasteiger partial charge in [-0.2, -0.15) is 5.26 Å². The highest BCUT2D eigenvalue weighted by molar-refractivity contribution is 6.08. The molecule has 1 aromatic carbocycles. The molecular formula is C24H20F2N4O2. The van der Waals surface area contributed by atoms with Gasteiger partial charge in [0.25, 0.3) is 5.92 Å². The molecule has 1 fully saturated rings. The molecule has 1 aliphatic rings. The first-order valence-corrected chi connectivity index (χ1v) is 10.2. The number of pyridine rings is 2. The zero-order valence-electron chi connectivity index (χ0n) is 17.4. The smallest absolute Gasteiger partial charge is 0.268 e. The van der Waals surface area contributed by atoms with Gasteiger partial charge in [-0.15, -0.1) is 0 Å². The number of aromatic nitrogens is 2. The Kier molecular flexibility index (Phi) is 5.66. The maximum atomic E-state index is 13.6. The molecule has 1 atom stereocenters. The second-order valence-electron chi connectivity index (χ2n) is 7.93. The van der Waals surface area contributed by atoms with Gasteiger partial charge in [-0.05, 0) is 36.8 Å². The average Bonchev–Trinajstić information content (AvgIpc) is 3.11. The first kappa shape index (κ1) is 21.5. The largest absolute Gasteiger partial charge is 0.320 e. The Morgan fingerprint density at radius 1 is 1.16 bits per heavy atom. The molecule has 0 aliphatic carbocycles. The molecule has 0 saturated carbocycles. The zero-order valence-corrected chi connectivity index (χ0v) is 17.4. The lowest BCUT2D eigenvalue weighted by atomic mass is 9.98. The van der Waals surface area contributed by atoms with E-state index in [2.05, 4.69) is 9.97 Å². The van der Waals surface area contributed by atoms with Crippen molar-refractivity contribution in [3.63, 3.8) is 0 Å². The summed E-state index contributed by atoms with van der Waals surface area (Å²) in [6.45, 7) is 1.11. The lowest BCUT2D eigenvalue weighted by Crippen LogP contribution is -2.36. The van der Waals surface area contributed by atoms with E-state index in [-0.39, 0.29) is 18.6 Å². The number of fused-ring (bicyclic) bond motifs is 1. The highest BCUT2D eigenvalue weighted by atomic mass is 19.3. The van der Waals surface area contributed by atoms with Crippen molar-refractivity contribution in [2.24, 2.45) is 0 Å². The molecule has 1 saturated heterocycles. The van der Waals surface area contributed by atoms with E-state index in [0.29, 0.717) is 16.5 Å². The molecule has 0 unspecified atom stereocenters. The van der Waals surface area contributed by atoms with Crippen LogP contribution in [0.25, 0.3) is 22.0 Å². The number of carbonyl (C=O) groups is 2. The fourth-order valence-corrected chi connectivity index (χ4v) is 3.90. The van der Waals surface area contributed by atoms with Gasteiger partial charge >= 0.3 is 0 Å². The number of ketones is 1. The molecule has 4 rings (SSSR count). The highest BCUT2D eigenvalue weighted by Crippen LogP contribution is 2.32. The molecule has 0 spiro atoms. The van der Waals surface area contributed by atoms with E-state index in [9.17, 15) is 18.4 Å². The van der Waals surface area contributed by atoms with Crippen LogP contribution in [-0.2, 0) is 4.79 Å². The van der Waals surface area contributed by atoms with Gasteiger partial charge in [-0.3, -0.25) is 19.6 Å². The summed E-state index contributed by atoms with van der Waals surface area (Å²) in [5.74, 6) is -3.99. The van der Waals surface area contributed by atoms with Crippen molar-refractivity contribution in [3.8, 4) is 17.2 Å². The minimum absolute atomic E-state index is 0.144. The molecular weight excluding hydrogens is 414 g/mol. The summed E-state index contributed by atoms with van der Waals surface area (Å²) in [5.41, 5.74) is 3.71. The first-order valence-electron chi connectivity index (χ1n) is 10.2. The molecule has 0 N–H and O–H groups in total. The number of carbonyl (C=O) groups excluding carboxylic acids is 2. The Hall–Kier alpha value is -3.73. The number of aryl methyl sites for hydroxylation is 1. The Morgan fingerprint density at radius 3 is 2.66 bits per heavy atom. The average molecular weight is 434 g/mol. The summed E-state index contributed by atoms with van der Waals surface area (Å²) in [5, 5.41) is 9.71. The number of nitriles is 1. The van der Waals surface area contributed by atoms with Gasteiger partial charge in [0.15, 0.2) is 5.78 Å². The second kappa shape index (κ2) is 8.42. The third-order valence-electron chi connectivity index (χ3n) is 5.59. The summed E-state index contributed by atoms with van der Waals surface area (Å²) in [6.07, 6.45) is 2.23. The third kappa shape index (κ3) is 4.33. The number of benzene rings is 1. The highest BCUT2D eigenvalue weighted by Gasteiger charge is 2.47. The Labute approximate surface area is 183 Å². The van der Waals surface area contributed by atoms with Crippen molar-refractivity contribution in [1.29, 1.82) is 5.26 Å². The van der Waals surface area contributed by atoms with Crippen LogP contribution >= 0.6 is 0 Å². The zero-order chi connectivity index (χ0) is 22.9.